The highest BCUT2D eigenvalue weighted by atomic mass is 19.1. The van der Waals surface area contributed by atoms with Crippen LogP contribution in [-0.2, 0) is 11.2 Å². The lowest BCUT2D eigenvalue weighted by atomic mass is 9.92. The third kappa shape index (κ3) is 5.03. The first-order chi connectivity index (χ1) is 15.4. The molecule has 0 saturated carbocycles. The number of pyridine rings is 1. The number of aryl methyl sites for hydroxylation is 2. The Kier molecular flexibility index (Phi) is 6.63. The first-order valence-corrected chi connectivity index (χ1v) is 11.3. The number of rotatable bonds is 6. The number of likely N-dealkylation sites (tertiary alicyclic amines) is 1. The van der Waals surface area contributed by atoms with E-state index in [0.717, 1.165) is 48.8 Å². The maximum atomic E-state index is 13.9. The second-order valence-corrected chi connectivity index (χ2v) is 8.72. The van der Waals surface area contributed by atoms with Crippen LogP contribution in [0.25, 0.3) is 0 Å². The van der Waals surface area contributed by atoms with E-state index in [2.05, 4.69) is 21.1 Å². The fraction of sp³-hybridized carbons (Fsp3) is 0.440. The fourth-order valence-corrected chi connectivity index (χ4v) is 4.49. The molecule has 3 aromatic rings. The predicted molar refractivity (Wildman–Crippen MR) is 121 cm³/mol. The number of hydrogen-bond donors (Lipinski definition) is 0. The molecule has 0 spiro atoms. The molecule has 7 heteroatoms. The van der Waals surface area contributed by atoms with Crippen molar-refractivity contribution in [2.24, 2.45) is 0 Å². The molecule has 0 radical (unpaired) electrons. The summed E-state index contributed by atoms with van der Waals surface area (Å²) >= 11 is 0. The molecule has 0 unspecified atom stereocenters. The van der Waals surface area contributed by atoms with Gasteiger partial charge in [0, 0.05) is 43.7 Å². The van der Waals surface area contributed by atoms with Gasteiger partial charge in [0.2, 0.25) is 5.91 Å². The molecule has 4 rings (SSSR count). The topological polar surface area (TPSA) is 63.9 Å². The Morgan fingerprint density at radius 3 is 2.53 bits per heavy atom. The quantitative estimate of drug-likeness (QED) is 0.577. The summed E-state index contributed by atoms with van der Waals surface area (Å²) in [5.41, 5.74) is 2.73. The van der Waals surface area contributed by atoms with E-state index in [9.17, 15) is 9.18 Å². The zero-order valence-corrected chi connectivity index (χ0v) is 19.0. The molecule has 1 atom stereocenters. The van der Waals surface area contributed by atoms with Crippen molar-refractivity contribution in [1.29, 1.82) is 0 Å². The SMILES string of the molecule is Cc1nc(C)n([C@@H](C)CC(=O)N2CCC(c3ccc(Cc4ccccc4F)cn3)CC2)n1. The largest absolute Gasteiger partial charge is 0.343 e. The second-order valence-electron chi connectivity index (χ2n) is 8.72. The molecule has 2 aromatic heterocycles. The van der Waals surface area contributed by atoms with Gasteiger partial charge in [0.1, 0.15) is 17.5 Å². The smallest absolute Gasteiger partial charge is 0.224 e. The number of amides is 1. The molecule has 1 saturated heterocycles. The molecule has 1 aromatic carbocycles. The molecular formula is C25H30FN5O. The van der Waals surface area contributed by atoms with E-state index < -0.39 is 0 Å². The highest BCUT2D eigenvalue weighted by molar-refractivity contribution is 5.76. The van der Waals surface area contributed by atoms with Crippen molar-refractivity contribution in [3.63, 3.8) is 0 Å². The monoisotopic (exact) mass is 435 g/mol. The molecule has 1 aliphatic heterocycles. The maximum absolute atomic E-state index is 13.9. The van der Waals surface area contributed by atoms with Gasteiger partial charge in [-0.25, -0.2) is 14.1 Å². The van der Waals surface area contributed by atoms with Crippen molar-refractivity contribution in [1.82, 2.24) is 24.6 Å². The molecule has 6 nitrogen and oxygen atoms in total. The van der Waals surface area contributed by atoms with E-state index in [1.54, 1.807) is 6.07 Å². The van der Waals surface area contributed by atoms with Crippen LogP contribution in [0.15, 0.2) is 42.6 Å². The molecule has 0 N–H and O–H groups in total. The van der Waals surface area contributed by atoms with Crippen LogP contribution < -0.4 is 0 Å². The average Bonchev–Trinajstić information content (AvgIpc) is 3.14. The van der Waals surface area contributed by atoms with Crippen molar-refractivity contribution in [2.75, 3.05) is 13.1 Å². The second kappa shape index (κ2) is 9.59. The number of carbonyl (C=O) groups is 1. The summed E-state index contributed by atoms with van der Waals surface area (Å²) in [5, 5.41) is 4.40. The average molecular weight is 436 g/mol. The minimum Gasteiger partial charge on any atom is -0.343 e. The predicted octanol–water partition coefficient (Wildman–Crippen LogP) is 4.38. The van der Waals surface area contributed by atoms with Gasteiger partial charge in [0.15, 0.2) is 0 Å². The Labute approximate surface area is 188 Å². The van der Waals surface area contributed by atoms with Gasteiger partial charge in [-0.3, -0.25) is 9.78 Å². The minimum absolute atomic E-state index is 0.00918. The number of halogens is 1. The van der Waals surface area contributed by atoms with E-state index in [-0.39, 0.29) is 17.8 Å². The van der Waals surface area contributed by atoms with Crippen LogP contribution in [0.4, 0.5) is 4.39 Å². The van der Waals surface area contributed by atoms with E-state index in [4.69, 9.17) is 0 Å². The number of aromatic nitrogens is 4. The summed E-state index contributed by atoms with van der Waals surface area (Å²) in [6.07, 6.45) is 4.62. The summed E-state index contributed by atoms with van der Waals surface area (Å²) in [4.78, 5) is 23.7. The van der Waals surface area contributed by atoms with Gasteiger partial charge in [-0.15, -0.1) is 0 Å². The molecule has 0 aliphatic carbocycles. The lowest BCUT2D eigenvalue weighted by molar-refractivity contribution is -0.133. The fourth-order valence-electron chi connectivity index (χ4n) is 4.49. The van der Waals surface area contributed by atoms with E-state index >= 15 is 0 Å². The summed E-state index contributed by atoms with van der Waals surface area (Å²) in [7, 11) is 0. The van der Waals surface area contributed by atoms with Crippen LogP contribution in [0.3, 0.4) is 0 Å². The Morgan fingerprint density at radius 1 is 1.16 bits per heavy atom. The van der Waals surface area contributed by atoms with Gasteiger partial charge in [-0.1, -0.05) is 24.3 Å². The van der Waals surface area contributed by atoms with Gasteiger partial charge >= 0.3 is 0 Å². The van der Waals surface area contributed by atoms with Crippen molar-refractivity contribution in [3.05, 3.63) is 76.9 Å². The third-order valence-electron chi connectivity index (χ3n) is 6.26. The van der Waals surface area contributed by atoms with Crippen molar-refractivity contribution in [2.45, 2.75) is 58.4 Å². The Hall–Kier alpha value is -3.09. The van der Waals surface area contributed by atoms with Crippen LogP contribution in [0.1, 0.15) is 66.6 Å². The highest BCUT2D eigenvalue weighted by Crippen LogP contribution is 2.28. The van der Waals surface area contributed by atoms with Crippen LogP contribution in [0, 0.1) is 19.7 Å². The molecule has 0 bridgehead atoms. The van der Waals surface area contributed by atoms with Gasteiger partial charge in [0.05, 0.1) is 6.04 Å². The first-order valence-electron chi connectivity index (χ1n) is 11.3. The van der Waals surface area contributed by atoms with Crippen molar-refractivity contribution < 1.29 is 9.18 Å². The molecular weight excluding hydrogens is 405 g/mol. The molecule has 1 aliphatic rings. The molecule has 3 heterocycles. The Balaban J connectivity index is 1.30. The Morgan fingerprint density at radius 2 is 1.91 bits per heavy atom. The van der Waals surface area contributed by atoms with Crippen LogP contribution in [-0.4, -0.2) is 43.6 Å². The maximum Gasteiger partial charge on any atom is 0.224 e. The van der Waals surface area contributed by atoms with E-state index in [1.807, 2.05) is 54.7 Å². The number of nitrogens with zero attached hydrogens (tertiary/aromatic N) is 5. The van der Waals surface area contributed by atoms with E-state index in [1.165, 1.54) is 6.07 Å². The molecule has 32 heavy (non-hydrogen) atoms. The third-order valence-corrected chi connectivity index (χ3v) is 6.26. The summed E-state index contributed by atoms with van der Waals surface area (Å²) < 4.78 is 15.7. The minimum atomic E-state index is -0.183. The van der Waals surface area contributed by atoms with Crippen LogP contribution in [0.5, 0.6) is 0 Å². The summed E-state index contributed by atoms with van der Waals surface area (Å²) in [6.45, 7) is 7.28. The molecule has 1 amide bonds. The standard InChI is InChI=1S/C25H30FN5O/c1-17(31-19(3)28-18(2)29-31)14-25(32)30-12-10-21(11-13-30)24-9-8-20(16-27-24)15-22-6-4-5-7-23(22)26/h4-9,16-17,21H,10-15H2,1-3H3/t17-/m0/s1. The van der Waals surface area contributed by atoms with Crippen molar-refractivity contribution in [3.8, 4) is 0 Å². The highest BCUT2D eigenvalue weighted by Gasteiger charge is 2.26. The number of hydrogen-bond acceptors (Lipinski definition) is 4. The Bertz CT molecular complexity index is 1070. The lowest BCUT2D eigenvalue weighted by Crippen LogP contribution is -2.39. The van der Waals surface area contributed by atoms with Gasteiger partial charge < -0.3 is 4.90 Å². The number of benzene rings is 1. The lowest BCUT2D eigenvalue weighted by Gasteiger charge is -2.32. The van der Waals surface area contributed by atoms with Gasteiger partial charge in [0.25, 0.3) is 0 Å². The molecule has 168 valence electrons. The summed E-state index contributed by atoms with van der Waals surface area (Å²) in [6, 6.07) is 10.9. The zero-order chi connectivity index (χ0) is 22.7. The normalized spacial score (nSPS) is 15.7. The van der Waals surface area contributed by atoms with Gasteiger partial charge in [-0.05, 0) is 56.9 Å². The van der Waals surface area contributed by atoms with Crippen molar-refractivity contribution >= 4 is 5.91 Å². The summed E-state index contributed by atoms with van der Waals surface area (Å²) in [5.74, 6) is 1.90. The van der Waals surface area contributed by atoms with Crippen LogP contribution in [0.2, 0.25) is 0 Å². The van der Waals surface area contributed by atoms with Gasteiger partial charge in [-0.2, -0.15) is 5.10 Å². The molecule has 1 fully saturated rings. The number of piperidine rings is 1. The van der Waals surface area contributed by atoms with Crippen LogP contribution >= 0.6 is 0 Å². The zero-order valence-electron chi connectivity index (χ0n) is 19.0. The van der Waals surface area contributed by atoms with E-state index in [0.29, 0.717) is 24.3 Å². The first kappa shape index (κ1) is 22.1. The number of carbonyl (C=O) groups excluding carboxylic acids is 1.